The molecule has 10 heteroatoms. The van der Waals surface area contributed by atoms with Gasteiger partial charge in [-0.25, -0.2) is 19.2 Å². The first-order chi connectivity index (χ1) is 7.56. The molecule has 0 atom stereocenters. The monoisotopic (exact) mass is 232 g/mol. The average molecular weight is 232 g/mol. The second-order valence-corrected chi connectivity index (χ2v) is 2.63. The molecule has 0 N–H and O–H groups in total. The Balaban J connectivity index is 2.24. The van der Waals surface area contributed by atoms with Crippen molar-refractivity contribution >= 4 is 23.9 Å². The topological polar surface area (TPSA) is 112 Å². The Hall–Kier alpha value is -2.20. The summed E-state index contributed by atoms with van der Waals surface area (Å²) in [5, 5.41) is 0.803. The van der Waals surface area contributed by atoms with Gasteiger partial charge >= 0.3 is 23.9 Å². The summed E-state index contributed by atoms with van der Waals surface area (Å²) in [6.07, 6.45) is 0. The number of rotatable bonds is 0. The van der Waals surface area contributed by atoms with Crippen LogP contribution in [0.15, 0.2) is 0 Å². The molecule has 0 spiro atoms. The van der Waals surface area contributed by atoms with Crippen LogP contribution in [-0.4, -0.2) is 47.4 Å². The SMILES string of the molecule is O=C1ON2CCN(OC1=O)OC(=O)C(=O)O2. The second-order valence-electron chi connectivity index (χ2n) is 2.63. The van der Waals surface area contributed by atoms with Crippen molar-refractivity contribution < 1.29 is 38.5 Å². The minimum absolute atomic E-state index is 0.155. The fourth-order valence-corrected chi connectivity index (χ4v) is 0.902. The summed E-state index contributed by atoms with van der Waals surface area (Å²) < 4.78 is 0. The minimum Gasteiger partial charge on any atom is -0.322 e. The zero-order chi connectivity index (χ0) is 11.7. The van der Waals surface area contributed by atoms with Crippen molar-refractivity contribution in [3.8, 4) is 0 Å². The molecule has 2 aliphatic heterocycles. The summed E-state index contributed by atoms with van der Waals surface area (Å²) in [4.78, 5) is 60.8. The number of hydrogen-bond acceptors (Lipinski definition) is 10. The van der Waals surface area contributed by atoms with E-state index in [2.05, 4.69) is 19.4 Å². The predicted molar refractivity (Wildman–Crippen MR) is 37.8 cm³/mol. The van der Waals surface area contributed by atoms with Crippen molar-refractivity contribution in [1.29, 1.82) is 0 Å². The van der Waals surface area contributed by atoms with E-state index in [9.17, 15) is 19.2 Å². The highest BCUT2D eigenvalue weighted by Gasteiger charge is 2.37. The predicted octanol–water partition coefficient (Wildman–Crippen LogP) is -2.55. The van der Waals surface area contributed by atoms with Crippen molar-refractivity contribution in [2.75, 3.05) is 13.1 Å². The summed E-state index contributed by atoms with van der Waals surface area (Å²) in [7, 11) is 0. The first-order valence-corrected chi connectivity index (χ1v) is 4.00. The molecule has 0 radical (unpaired) electrons. The second kappa shape index (κ2) is 3.75. The molecule has 2 heterocycles. The summed E-state index contributed by atoms with van der Waals surface area (Å²) >= 11 is 0. The number of hydroxylamine groups is 4. The van der Waals surface area contributed by atoms with Crippen LogP contribution in [0.1, 0.15) is 0 Å². The van der Waals surface area contributed by atoms with E-state index in [0.717, 1.165) is 0 Å². The smallest absolute Gasteiger partial charge is 0.322 e. The van der Waals surface area contributed by atoms with Gasteiger partial charge in [-0.05, 0) is 0 Å². The largest absolute Gasteiger partial charge is 0.440 e. The van der Waals surface area contributed by atoms with E-state index in [4.69, 9.17) is 0 Å². The van der Waals surface area contributed by atoms with Gasteiger partial charge in [0.05, 0.1) is 13.1 Å². The number of nitrogens with zero attached hydrogens (tertiary/aromatic N) is 2. The van der Waals surface area contributed by atoms with E-state index in [0.29, 0.717) is 10.5 Å². The molecule has 2 rings (SSSR count). The molecule has 0 amide bonds. The molecule has 2 aliphatic rings. The average Bonchev–Trinajstić information content (AvgIpc) is 2.21. The Morgan fingerprint density at radius 1 is 0.625 bits per heavy atom. The quantitative estimate of drug-likeness (QED) is 0.413. The fourth-order valence-electron chi connectivity index (χ4n) is 0.902. The highest BCUT2D eigenvalue weighted by molar-refractivity contribution is 6.30. The van der Waals surface area contributed by atoms with Gasteiger partial charge in [-0.3, -0.25) is 0 Å². The summed E-state index contributed by atoms with van der Waals surface area (Å²) in [6, 6.07) is 0. The van der Waals surface area contributed by atoms with Gasteiger partial charge in [0.1, 0.15) is 0 Å². The molecule has 0 unspecified atom stereocenters. The lowest BCUT2D eigenvalue weighted by atomic mass is 10.6. The van der Waals surface area contributed by atoms with E-state index in [1.165, 1.54) is 0 Å². The van der Waals surface area contributed by atoms with E-state index in [-0.39, 0.29) is 13.1 Å². The maximum atomic E-state index is 10.9. The van der Waals surface area contributed by atoms with Gasteiger partial charge in [-0.15, -0.1) is 0 Å². The Morgan fingerprint density at radius 3 is 1.12 bits per heavy atom. The third-order valence-electron chi connectivity index (χ3n) is 1.54. The van der Waals surface area contributed by atoms with Crippen molar-refractivity contribution in [3.63, 3.8) is 0 Å². The molecule has 2 bridgehead atoms. The van der Waals surface area contributed by atoms with Gasteiger partial charge < -0.3 is 19.4 Å². The maximum absolute atomic E-state index is 10.9. The van der Waals surface area contributed by atoms with Crippen LogP contribution in [0.5, 0.6) is 0 Å². The van der Waals surface area contributed by atoms with Crippen LogP contribution in [0.25, 0.3) is 0 Å². The van der Waals surface area contributed by atoms with Gasteiger partial charge in [0, 0.05) is 10.5 Å². The molecule has 0 saturated carbocycles. The lowest BCUT2D eigenvalue weighted by Crippen LogP contribution is -2.49. The molecule has 16 heavy (non-hydrogen) atoms. The number of carbonyl (C=O) groups is 4. The molecule has 0 aliphatic carbocycles. The molecule has 0 aromatic carbocycles. The third kappa shape index (κ3) is 1.92. The van der Waals surface area contributed by atoms with Crippen LogP contribution >= 0.6 is 0 Å². The summed E-state index contributed by atoms with van der Waals surface area (Å²) in [6.45, 7) is -0.309. The molecule has 2 fully saturated rings. The van der Waals surface area contributed by atoms with Crippen LogP contribution in [0.3, 0.4) is 0 Å². The maximum Gasteiger partial charge on any atom is 0.440 e. The standard InChI is InChI=1S/C6H4N2O8/c9-3-5(11)15-8-2-1-7(13-3)14-4(10)6(12)16-8/h1-2H2. The molecular formula is C6H4N2O8. The molecule has 10 nitrogen and oxygen atoms in total. The van der Waals surface area contributed by atoms with Crippen molar-refractivity contribution in [2.24, 2.45) is 0 Å². The van der Waals surface area contributed by atoms with Crippen LogP contribution in [0, 0.1) is 0 Å². The van der Waals surface area contributed by atoms with Crippen molar-refractivity contribution in [3.05, 3.63) is 0 Å². The van der Waals surface area contributed by atoms with E-state index >= 15 is 0 Å². The van der Waals surface area contributed by atoms with Gasteiger partial charge in [0.15, 0.2) is 0 Å². The summed E-state index contributed by atoms with van der Waals surface area (Å²) in [5.41, 5.74) is 0. The van der Waals surface area contributed by atoms with Gasteiger partial charge in [-0.1, -0.05) is 0 Å². The summed E-state index contributed by atoms with van der Waals surface area (Å²) in [5.74, 6) is -5.63. The Kier molecular flexibility index (Phi) is 2.42. The fraction of sp³-hybridized carbons (Fsp3) is 0.333. The number of fused-ring (bicyclic) bond motifs is 3. The zero-order valence-electron chi connectivity index (χ0n) is 7.57. The number of carbonyl (C=O) groups excluding carboxylic acids is 4. The number of hydrogen-bond donors (Lipinski definition) is 0. The van der Waals surface area contributed by atoms with Crippen LogP contribution in [0.4, 0.5) is 0 Å². The van der Waals surface area contributed by atoms with E-state index in [1.54, 1.807) is 0 Å². The van der Waals surface area contributed by atoms with Crippen LogP contribution in [-0.2, 0) is 38.5 Å². The molecule has 2 saturated heterocycles. The highest BCUT2D eigenvalue weighted by Crippen LogP contribution is 2.08. The zero-order valence-corrected chi connectivity index (χ0v) is 7.57. The highest BCUT2D eigenvalue weighted by atomic mass is 17.0. The van der Waals surface area contributed by atoms with Gasteiger partial charge in [-0.2, -0.15) is 0 Å². The Labute approximate surface area is 87.0 Å². The molecular weight excluding hydrogens is 228 g/mol. The molecule has 86 valence electrons. The lowest BCUT2D eigenvalue weighted by molar-refractivity contribution is -0.381. The molecule has 0 aromatic heterocycles. The van der Waals surface area contributed by atoms with Crippen molar-refractivity contribution in [2.45, 2.75) is 0 Å². The van der Waals surface area contributed by atoms with Gasteiger partial charge in [0.25, 0.3) is 0 Å². The van der Waals surface area contributed by atoms with E-state index in [1.807, 2.05) is 0 Å². The lowest BCUT2D eigenvalue weighted by Gasteiger charge is -2.27. The first kappa shape index (κ1) is 10.3. The Bertz CT molecular complexity index is 311. The first-order valence-electron chi connectivity index (χ1n) is 4.00. The molecule has 0 aromatic rings. The Morgan fingerprint density at radius 2 is 0.875 bits per heavy atom. The normalized spacial score (nSPS) is 30.0. The van der Waals surface area contributed by atoms with Crippen molar-refractivity contribution in [1.82, 2.24) is 10.5 Å². The minimum atomic E-state index is -1.41. The van der Waals surface area contributed by atoms with Gasteiger partial charge in [0.2, 0.25) is 0 Å². The van der Waals surface area contributed by atoms with E-state index < -0.39 is 23.9 Å². The third-order valence-corrected chi connectivity index (χ3v) is 1.54. The van der Waals surface area contributed by atoms with Crippen LogP contribution in [0.2, 0.25) is 0 Å². The van der Waals surface area contributed by atoms with Crippen LogP contribution < -0.4 is 0 Å².